The molecular weight excluding hydrogens is 947 g/mol. The maximum atomic E-state index is 2.43. The zero-order chi connectivity index (χ0) is 49.7. The molecule has 354 valence electrons. The Morgan fingerprint density at radius 1 is 0.200 bits per heavy atom. The molecule has 0 aliphatic rings. The van der Waals surface area contributed by atoms with E-state index in [0.717, 1.165) is 51.2 Å². The molecule has 0 amide bonds. The molecule has 12 aromatic carbocycles. The molecule has 5 heteroatoms. The topological polar surface area (TPSA) is 9.72 Å². The van der Waals surface area contributed by atoms with Crippen LogP contribution >= 0.6 is 22.7 Å². The minimum absolute atomic E-state index is 1.06. The van der Waals surface area contributed by atoms with Crippen LogP contribution in [0.15, 0.2) is 285 Å². The van der Waals surface area contributed by atoms with Gasteiger partial charge in [-0.25, -0.2) is 0 Å². The predicted molar refractivity (Wildman–Crippen MR) is 325 cm³/mol. The van der Waals surface area contributed by atoms with Gasteiger partial charge in [0.05, 0.1) is 0 Å². The van der Waals surface area contributed by atoms with Gasteiger partial charge >= 0.3 is 0 Å². The molecule has 14 rings (SSSR count). The highest BCUT2D eigenvalue weighted by Gasteiger charge is 2.21. The number of para-hydroxylation sites is 3. The van der Waals surface area contributed by atoms with E-state index < -0.39 is 0 Å². The first kappa shape index (κ1) is 44.4. The maximum absolute atomic E-state index is 2.43. The fourth-order valence-corrected chi connectivity index (χ4v) is 13.1. The van der Waals surface area contributed by atoms with E-state index in [4.69, 9.17) is 0 Å². The normalized spacial score (nSPS) is 11.5. The van der Waals surface area contributed by atoms with Gasteiger partial charge in [-0.3, -0.25) is 0 Å². The molecule has 0 saturated heterocycles. The molecule has 0 spiro atoms. The zero-order valence-corrected chi connectivity index (χ0v) is 42.4. The number of nitrogens with zero attached hydrogens (tertiary/aromatic N) is 3. The van der Waals surface area contributed by atoms with E-state index in [2.05, 4.69) is 300 Å². The van der Waals surface area contributed by atoms with E-state index >= 15 is 0 Å². The van der Waals surface area contributed by atoms with Crippen LogP contribution in [0.2, 0.25) is 0 Å². The van der Waals surface area contributed by atoms with Crippen LogP contribution in [0.5, 0.6) is 0 Å². The highest BCUT2D eigenvalue weighted by atomic mass is 32.1. The summed E-state index contributed by atoms with van der Waals surface area (Å²) < 4.78 is 5.10. The number of hydrogen-bond acceptors (Lipinski definition) is 5. The Morgan fingerprint density at radius 2 is 0.613 bits per heavy atom. The second kappa shape index (κ2) is 19.0. The van der Waals surface area contributed by atoms with Gasteiger partial charge in [-0.15, -0.1) is 22.7 Å². The number of fused-ring (bicyclic) bond motifs is 7. The van der Waals surface area contributed by atoms with Gasteiger partial charge in [-0.2, -0.15) is 0 Å². The van der Waals surface area contributed by atoms with Crippen molar-refractivity contribution in [2.45, 2.75) is 0 Å². The van der Waals surface area contributed by atoms with E-state index in [9.17, 15) is 0 Å². The van der Waals surface area contributed by atoms with Crippen molar-refractivity contribution >= 4 is 125 Å². The molecule has 0 bridgehead atoms. The molecule has 0 aliphatic carbocycles. The summed E-state index contributed by atoms with van der Waals surface area (Å²) in [6.07, 6.45) is 0. The molecule has 2 heterocycles. The molecule has 0 N–H and O–H groups in total. The third-order valence-electron chi connectivity index (χ3n) is 14.4. The van der Waals surface area contributed by atoms with E-state index in [1.807, 2.05) is 22.7 Å². The van der Waals surface area contributed by atoms with Gasteiger partial charge < -0.3 is 14.7 Å². The van der Waals surface area contributed by atoms with Crippen LogP contribution in [-0.4, -0.2) is 0 Å². The number of hydrogen-bond donors (Lipinski definition) is 0. The summed E-state index contributed by atoms with van der Waals surface area (Å²) in [6.45, 7) is 0. The SMILES string of the molecule is c1ccc(N(c2ccccc2)c2cccc(N(c3cccc(-c4ccc5sc6ccccc6c5c4)c3)c3ccc4sc5cc(N(c6ccccc6)c6ccc(-c7cccc8ccccc78)cc6)ccc5c4c3)c2)cc1. The minimum Gasteiger partial charge on any atom is -0.310 e. The number of anilines is 9. The largest absolute Gasteiger partial charge is 0.310 e. The summed E-state index contributed by atoms with van der Waals surface area (Å²) in [7, 11) is 0. The lowest BCUT2D eigenvalue weighted by atomic mass is 9.98. The van der Waals surface area contributed by atoms with Gasteiger partial charge in [0.15, 0.2) is 0 Å². The molecule has 0 saturated carbocycles. The molecule has 0 radical (unpaired) electrons. The lowest BCUT2D eigenvalue weighted by molar-refractivity contribution is 1.25. The first-order chi connectivity index (χ1) is 37.2. The van der Waals surface area contributed by atoms with Gasteiger partial charge in [0, 0.05) is 91.5 Å². The summed E-state index contributed by atoms with van der Waals surface area (Å²) in [5.74, 6) is 0. The highest BCUT2D eigenvalue weighted by molar-refractivity contribution is 7.26. The maximum Gasteiger partial charge on any atom is 0.0482 e. The van der Waals surface area contributed by atoms with Crippen molar-refractivity contribution in [3.8, 4) is 22.3 Å². The number of rotatable bonds is 11. The highest BCUT2D eigenvalue weighted by Crippen LogP contribution is 2.46. The lowest BCUT2D eigenvalue weighted by Crippen LogP contribution is -2.13. The van der Waals surface area contributed by atoms with Crippen LogP contribution in [0, 0.1) is 0 Å². The number of thiophene rings is 2. The molecule has 2 aromatic heterocycles. The average molecular weight is 994 g/mol. The van der Waals surface area contributed by atoms with Crippen LogP contribution in [0.3, 0.4) is 0 Å². The predicted octanol–water partition coefficient (Wildman–Crippen LogP) is 21.3. The van der Waals surface area contributed by atoms with Crippen LogP contribution in [0.25, 0.3) is 73.4 Å². The Morgan fingerprint density at radius 3 is 1.32 bits per heavy atom. The van der Waals surface area contributed by atoms with Crippen molar-refractivity contribution in [1.82, 2.24) is 0 Å². The van der Waals surface area contributed by atoms with Crippen LogP contribution in [-0.2, 0) is 0 Å². The molecule has 0 atom stereocenters. The van der Waals surface area contributed by atoms with Gasteiger partial charge in [0.2, 0.25) is 0 Å². The lowest BCUT2D eigenvalue weighted by Gasteiger charge is -2.29. The summed E-state index contributed by atoms with van der Waals surface area (Å²) in [5, 5.41) is 7.57. The van der Waals surface area contributed by atoms with Crippen LogP contribution < -0.4 is 14.7 Å². The van der Waals surface area contributed by atoms with E-state index in [1.54, 1.807) is 0 Å². The Kier molecular flexibility index (Phi) is 11.2. The van der Waals surface area contributed by atoms with E-state index in [0.29, 0.717) is 0 Å². The fourth-order valence-electron chi connectivity index (χ4n) is 10.9. The molecule has 14 aromatic rings. The van der Waals surface area contributed by atoms with Crippen molar-refractivity contribution in [2.24, 2.45) is 0 Å². The molecule has 0 unspecified atom stereocenters. The first-order valence-corrected chi connectivity index (χ1v) is 27.0. The van der Waals surface area contributed by atoms with E-state index in [1.165, 1.54) is 73.4 Å². The van der Waals surface area contributed by atoms with Crippen LogP contribution in [0.4, 0.5) is 51.2 Å². The minimum atomic E-state index is 1.06. The third-order valence-corrected chi connectivity index (χ3v) is 16.7. The molecule has 0 fully saturated rings. The quantitative estimate of drug-likeness (QED) is 0.128. The smallest absolute Gasteiger partial charge is 0.0482 e. The Hall–Kier alpha value is -9.26. The summed E-state index contributed by atoms with van der Waals surface area (Å²) in [5.41, 5.74) is 14.6. The molecule has 75 heavy (non-hydrogen) atoms. The fraction of sp³-hybridized carbons (Fsp3) is 0. The summed E-state index contributed by atoms with van der Waals surface area (Å²) in [4.78, 5) is 7.14. The standard InChI is InChI=1S/C70H47N3S2/c1-4-20-52(21-5-1)71(53-22-6-2-7-23-53)57-27-16-28-58(45-57)73(56-26-14-19-50(43-56)51-35-41-68-65(44-51)63-30-12-13-32-67(63)74-68)59-39-42-69-66(46-59)64-40-38-60(47-70(64)75-69)72(54-24-8-3-9-25-54)55-36-33-49(34-37-55)62-31-15-18-48-17-10-11-29-61(48)62/h1-47H. The monoisotopic (exact) mass is 993 g/mol. The van der Waals surface area contributed by atoms with Crippen LogP contribution in [0.1, 0.15) is 0 Å². The Balaban J connectivity index is 0.885. The van der Waals surface area contributed by atoms with Crippen molar-refractivity contribution in [3.05, 3.63) is 285 Å². The van der Waals surface area contributed by atoms with Crippen molar-refractivity contribution in [2.75, 3.05) is 14.7 Å². The molecule has 3 nitrogen and oxygen atoms in total. The van der Waals surface area contributed by atoms with Gasteiger partial charge in [-0.1, -0.05) is 158 Å². The van der Waals surface area contributed by atoms with Crippen molar-refractivity contribution in [1.29, 1.82) is 0 Å². The Bertz CT molecular complexity index is 4330. The van der Waals surface area contributed by atoms with Crippen molar-refractivity contribution < 1.29 is 0 Å². The second-order valence-electron chi connectivity index (χ2n) is 18.9. The summed E-state index contributed by atoms with van der Waals surface area (Å²) >= 11 is 3.71. The second-order valence-corrected chi connectivity index (χ2v) is 21.1. The first-order valence-electron chi connectivity index (χ1n) is 25.4. The Labute approximate surface area is 444 Å². The van der Waals surface area contributed by atoms with E-state index in [-0.39, 0.29) is 0 Å². The van der Waals surface area contributed by atoms with Gasteiger partial charge in [0.1, 0.15) is 0 Å². The third kappa shape index (κ3) is 8.25. The number of benzene rings is 12. The van der Waals surface area contributed by atoms with Crippen molar-refractivity contribution in [3.63, 3.8) is 0 Å². The zero-order valence-electron chi connectivity index (χ0n) is 40.8. The van der Waals surface area contributed by atoms with Gasteiger partial charge in [0.25, 0.3) is 0 Å². The van der Waals surface area contributed by atoms with Gasteiger partial charge in [-0.05, 0) is 160 Å². The summed E-state index contributed by atoms with van der Waals surface area (Å²) in [6, 6.07) is 104. The molecular formula is C70H47N3S2. The average Bonchev–Trinajstić information content (AvgIpc) is 4.04. The molecule has 0 aliphatic heterocycles.